The van der Waals surface area contributed by atoms with Crippen LogP contribution >= 0.6 is 11.6 Å². The highest BCUT2D eigenvalue weighted by Crippen LogP contribution is 2.22. The van der Waals surface area contributed by atoms with Crippen molar-refractivity contribution in [2.24, 2.45) is 5.14 Å². The molecule has 0 atom stereocenters. The van der Waals surface area contributed by atoms with Gasteiger partial charge in [0, 0.05) is 11.1 Å². The maximum absolute atomic E-state index is 11.6. The van der Waals surface area contributed by atoms with Gasteiger partial charge in [0.25, 0.3) is 10.0 Å². The zero-order valence-corrected chi connectivity index (χ0v) is 12.2. The molecule has 1 heterocycles. The molecule has 0 radical (unpaired) electrons. The van der Waals surface area contributed by atoms with Crippen molar-refractivity contribution in [3.05, 3.63) is 40.5 Å². The molecule has 2 N–H and O–H groups in total. The third kappa shape index (κ3) is 2.80. The lowest BCUT2D eigenvalue weighted by atomic mass is 10.2. The van der Waals surface area contributed by atoms with Crippen molar-refractivity contribution < 1.29 is 8.42 Å². The Hall–Kier alpha value is -1.37. The molecule has 1 aromatic heterocycles. The molecule has 19 heavy (non-hydrogen) atoms. The summed E-state index contributed by atoms with van der Waals surface area (Å²) in [5.74, 6) is 0. The van der Waals surface area contributed by atoms with Crippen molar-refractivity contribution in [3.63, 3.8) is 0 Å². The Labute approximate surface area is 117 Å². The van der Waals surface area contributed by atoms with Crippen LogP contribution in [0.3, 0.4) is 0 Å². The molecule has 0 fully saturated rings. The Morgan fingerprint density at radius 3 is 2.58 bits per heavy atom. The topological polar surface area (TPSA) is 78.0 Å². The molecule has 2 aromatic rings. The fraction of sp³-hybridized carbons (Fsp3) is 0.250. The molecule has 7 heteroatoms. The van der Waals surface area contributed by atoms with Crippen LogP contribution in [-0.2, 0) is 16.4 Å². The van der Waals surface area contributed by atoms with E-state index in [-0.39, 0.29) is 5.03 Å². The number of primary sulfonamides is 1. The molecular formula is C12H14ClN3O2S. The lowest BCUT2D eigenvalue weighted by Gasteiger charge is -2.07. The predicted octanol–water partition coefficient (Wildman–Crippen LogP) is 2.04. The molecule has 0 amide bonds. The van der Waals surface area contributed by atoms with E-state index >= 15 is 0 Å². The van der Waals surface area contributed by atoms with Crippen molar-refractivity contribution >= 4 is 21.6 Å². The fourth-order valence-corrected chi connectivity index (χ4v) is 2.55. The number of hydrogen-bond acceptors (Lipinski definition) is 3. The van der Waals surface area contributed by atoms with Gasteiger partial charge in [0.1, 0.15) is 0 Å². The molecule has 5 nitrogen and oxygen atoms in total. The first-order valence-electron chi connectivity index (χ1n) is 5.71. The molecule has 0 unspecified atom stereocenters. The van der Waals surface area contributed by atoms with Gasteiger partial charge < -0.3 is 0 Å². The fourth-order valence-electron chi connectivity index (χ4n) is 1.68. The second kappa shape index (κ2) is 4.96. The first-order valence-corrected chi connectivity index (χ1v) is 7.63. The van der Waals surface area contributed by atoms with E-state index in [9.17, 15) is 8.42 Å². The van der Waals surface area contributed by atoms with Crippen LogP contribution in [-0.4, -0.2) is 18.2 Å². The van der Waals surface area contributed by atoms with Gasteiger partial charge in [-0.2, -0.15) is 5.10 Å². The number of aromatic nitrogens is 2. The van der Waals surface area contributed by atoms with Crippen molar-refractivity contribution in [2.45, 2.75) is 25.3 Å². The summed E-state index contributed by atoms with van der Waals surface area (Å²) in [5.41, 5.74) is 2.13. The van der Waals surface area contributed by atoms with Crippen molar-refractivity contribution in [1.29, 1.82) is 0 Å². The van der Waals surface area contributed by atoms with E-state index in [1.54, 1.807) is 18.2 Å². The maximum atomic E-state index is 11.6. The Morgan fingerprint density at radius 1 is 1.37 bits per heavy atom. The minimum Gasteiger partial charge on any atom is -0.223 e. The molecule has 0 saturated heterocycles. The van der Waals surface area contributed by atoms with Crippen molar-refractivity contribution in [3.8, 4) is 5.69 Å². The summed E-state index contributed by atoms with van der Waals surface area (Å²) in [5, 5.41) is 9.95. The highest BCUT2D eigenvalue weighted by Gasteiger charge is 2.18. The van der Waals surface area contributed by atoms with Crippen LogP contribution in [0.25, 0.3) is 5.69 Å². The normalized spacial score (nSPS) is 11.8. The number of aryl methyl sites for hydroxylation is 2. The van der Waals surface area contributed by atoms with Gasteiger partial charge >= 0.3 is 0 Å². The Kier molecular flexibility index (Phi) is 3.66. The molecule has 0 aliphatic rings. The minimum absolute atomic E-state index is 0.0377. The summed E-state index contributed by atoms with van der Waals surface area (Å²) in [6.45, 7) is 3.76. The van der Waals surface area contributed by atoms with E-state index in [0.29, 0.717) is 22.8 Å². The van der Waals surface area contributed by atoms with Gasteiger partial charge in [0.05, 0.1) is 11.4 Å². The molecule has 0 aliphatic heterocycles. The summed E-state index contributed by atoms with van der Waals surface area (Å²) >= 11 is 6.05. The predicted molar refractivity (Wildman–Crippen MR) is 74.1 cm³/mol. The Balaban J connectivity index is 2.67. The maximum Gasteiger partial charge on any atom is 0.255 e. The average Bonchev–Trinajstić information content (AvgIpc) is 2.76. The lowest BCUT2D eigenvalue weighted by Crippen LogP contribution is -2.17. The quantitative estimate of drug-likeness (QED) is 0.942. The van der Waals surface area contributed by atoms with Crippen LogP contribution in [0, 0.1) is 6.92 Å². The number of sulfonamides is 1. The van der Waals surface area contributed by atoms with E-state index in [4.69, 9.17) is 16.7 Å². The molecule has 0 bridgehead atoms. The van der Waals surface area contributed by atoms with Gasteiger partial charge in [-0.05, 0) is 31.0 Å². The largest absolute Gasteiger partial charge is 0.255 e. The number of nitrogens with zero attached hydrogens (tertiary/aromatic N) is 2. The van der Waals surface area contributed by atoms with Crippen LogP contribution in [0.15, 0.2) is 29.3 Å². The highest BCUT2D eigenvalue weighted by atomic mass is 35.5. The standard InChI is InChI=1S/C12H14ClN3O2S/c1-3-9-6-12(19(14,17)18)16(15-9)10-5-4-8(2)11(13)7-10/h4-7H,3H2,1-2H3,(H2,14,17,18). The first kappa shape index (κ1) is 14.0. The van der Waals surface area contributed by atoms with Crippen LogP contribution in [0.2, 0.25) is 5.02 Å². The van der Waals surface area contributed by atoms with Crippen LogP contribution < -0.4 is 5.14 Å². The zero-order valence-electron chi connectivity index (χ0n) is 10.6. The minimum atomic E-state index is -3.84. The molecule has 0 aliphatic carbocycles. The van der Waals surface area contributed by atoms with Crippen LogP contribution in [0.5, 0.6) is 0 Å². The number of benzene rings is 1. The Bertz CT molecular complexity index is 723. The molecular weight excluding hydrogens is 286 g/mol. The van der Waals surface area contributed by atoms with E-state index in [1.807, 2.05) is 13.8 Å². The summed E-state index contributed by atoms with van der Waals surface area (Å²) in [6.07, 6.45) is 0.620. The summed E-state index contributed by atoms with van der Waals surface area (Å²) in [4.78, 5) is 0. The number of rotatable bonds is 3. The third-order valence-corrected chi connectivity index (χ3v) is 4.06. The molecule has 0 saturated carbocycles. The molecule has 2 rings (SSSR count). The summed E-state index contributed by atoms with van der Waals surface area (Å²) in [7, 11) is -3.84. The zero-order chi connectivity index (χ0) is 14.2. The van der Waals surface area contributed by atoms with Crippen LogP contribution in [0.4, 0.5) is 0 Å². The molecule has 1 aromatic carbocycles. The third-order valence-electron chi connectivity index (χ3n) is 2.78. The second-order valence-corrected chi connectivity index (χ2v) is 6.13. The van der Waals surface area contributed by atoms with Gasteiger partial charge in [0.2, 0.25) is 0 Å². The van der Waals surface area contributed by atoms with Gasteiger partial charge in [-0.15, -0.1) is 0 Å². The van der Waals surface area contributed by atoms with E-state index in [2.05, 4.69) is 5.10 Å². The average molecular weight is 300 g/mol. The van der Waals surface area contributed by atoms with E-state index in [1.165, 1.54) is 10.7 Å². The van der Waals surface area contributed by atoms with Crippen LogP contribution in [0.1, 0.15) is 18.2 Å². The smallest absolute Gasteiger partial charge is 0.223 e. The van der Waals surface area contributed by atoms with Crippen molar-refractivity contribution in [1.82, 2.24) is 9.78 Å². The van der Waals surface area contributed by atoms with Gasteiger partial charge in [0.15, 0.2) is 5.03 Å². The summed E-state index contributed by atoms with van der Waals surface area (Å²) in [6, 6.07) is 6.70. The van der Waals surface area contributed by atoms with Crippen molar-refractivity contribution in [2.75, 3.05) is 0 Å². The number of halogens is 1. The molecule has 0 spiro atoms. The molecule has 102 valence electrons. The van der Waals surface area contributed by atoms with E-state index < -0.39 is 10.0 Å². The van der Waals surface area contributed by atoms with Gasteiger partial charge in [-0.3, -0.25) is 0 Å². The summed E-state index contributed by atoms with van der Waals surface area (Å²) < 4.78 is 24.5. The van der Waals surface area contributed by atoms with Gasteiger partial charge in [-0.1, -0.05) is 24.6 Å². The first-order chi connectivity index (χ1) is 8.82. The Morgan fingerprint density at radius 2 is 2.05 bits per heavy atom. The van der Waals surface area contributed by atoms with E-state index in [0.717, 1.165) is 5.56 Å². The highest BCUT2D eigenvalue weighted by molar-refractivity contribution is 7.89. The second-order valence-electron chi connectivity index (χ2n) is 4.22. The lowest BCUT2D eigenvalue weighted by molar-refractivity contribution is 0.587. The van der Waals surface area contributed by atoms with Gasteiger partial charge in [-0.25, -0.2) is 18.2 Å². The number of nitrogens with two attached hydrogens (primary N) is 1. The SMILES string of the molecule is CCc1cc(S(N)(=O)=O)n(-c2ccc(C)c(Cl)c2)n1. The monoisotopic (exact) mass is 299 g/mol. The number of hydrogen-bond donors (Lipinski definition) is 1.